The molecule has 4 heteroatoms. The number of nitrogens with two attached hydrogens (primary N) is 1. The summed E-state index contributed by atoms with van der Waals surface area (Å²) in [5.41, 5.74) is 6.93. The molecule has 4 nitrogen and oxygen atoms in total. The zero-order valence-electron chi connectivity index (χ0n) is 10.3. The Morgan fingerprint density at radius 3 is 2.24 bits per heavy atom. The van der Waals surface area contributed by atoms with E-state index in [1.807, 2.05) is 12.1 Å². The van der Waals surface area contributed by atoms with Crippen molar-refractivity contribution in [3.8, 4) is 0 Å². The number of piperazine rings is 1. The summed E-state index contributed by atoms with van der Waals surface area (Å²) in [5.74, 6) is -0.376. The van der Waals surface area contributed by atoms with E-state index in [0.29, 0.717) is 17.6 Å². The van der Waals surface area contributed by atoms with Crippen LogP contribution in [0.25, 0.3) is 0 Å². The van der Waals surface area contributed by atoms with Crippen LogP contribution in [0.15, 0.2) is 24.3 Å². The summed E-state index contributed by atoms with van der Waals surface area (Å²) in [6, 6.07) is 8.46. The monoisotopic (exact) mass is 233 g/mol. The zero-order chi connectivity index (χ0) is 12.4. The third-order valence-electron chi connectivity index (χ3n) is 3.07. The molecule has 1 aromatic carbocycles. The number of primary amides is 1. The van der Waals surface area contributed by atoms with E-state index in [1.54, 1.807) is 12.1 Å². The van der Waals surface area contributed by atoms with Gasteiger partial charge in [-0.3, -0.25) is 4.79 Å². The third kappa shape index (κ3) is 2.77. The molecule has 1 aliphatic rings. The molecule has 0 aliphatic carbocycles. The van der Waals surface area contributed by atoms with Crippen LogP contribution in [0, 0.1) is 0 Å². The van der Waals surface area contributed by atoms with Gasteiger partial charge in [0.05, 0.1) is 0 Å². The maximum absolute atomic E-state index is 11.0. The van der Waals surface area contributed by atoms with E-state index in [9.17, 15) is 4.79 Å². The van der Waals surface area contributed by atoms with Crippen molar-refractivity contribution >= 4 is 11.6 Å². The first-order valence-corrected chi connectivity index (χ1v) is 5.97. The molecule has 2 rings (SSSR count). The van der Waals surface area contributed by atoms with E-state index in [2.05, 4.69) is 24.1 Å². The average molecular weight is 233 g/mol. The summed E-state index contributed by atoms with van der Waals surface area (Å²) in [6.45, 7) is 6.33. The normalized spacial score (nSPS) is 24.7. The number of amides is 1. The highest BCUT2D eigenvalue weighted by molar-refractivity contribution is 5.93. The lowest BCUT2D eigenvalue weighted by molar-refractivity contribution is 0.100. The lowest BCUT2D eigenvalue weighted by Gasteiger charge is -2.37. The molecule has 0 radical (unpaired) electrons. The lowest BCUT2D eigenvalue weighted by atomic mass is 10.1. The van der Waals surface area contributed by atoms with Gasteiger partial charge in [-0.2, -0.15) is 0 Å². The molecule has 1 aliphatic heterocycles. The molecule has 0 spiro atoms. The van der Waals surface area contributed by atoms with Crippen LogP contribution in [0.1, 0.15) is 24.2 Å². The van der Waals surface area contributed by atoms with Crippen molar-refractivity contribution < 1.29 is 4.79 Å². The smallest absolute Gasteiger partial charge is 0.248 e. The number of carbonyl (C=O) groups is 1. The number of benzene rings is 1. The number of hydrogen-bond donors (Lipinski definition) is 2. The summed E-state index contributed by atoms with van der Waals surface area (Å²) >= 11 is 0. The van der Waals surface area contributed by atoms with Crippen molar-refractivity contribution in [3.63, 3.8) is 0 Å². The first-order valence-electron chi connectivity index (χ1n) is 5.97. The van der Waals surface area contributed by atoms with Gasteiger partial charge in [-0.1, -0.05) is 0 Å². The van der Waals surface area contributed by atoms with Gasteiger partial charge >= 0.3 is 0 Å². The summed E-state index contributed by atoms with van der Waals surface area (Å²) in [6.07, 6.45) is 0. The standard InChI is InChI=1S/C13H19N3O/c1-9-7-16(8-10(2)15-9)12-5-3-11(4-6-12)13(14)17/h3-6,9-10,15H,7-8H2,1-2H3,(H2,14,17)/t9-,10+. The van der Waals surface area contributed by atoms with Gasteiger partial charge in [0.15, 0.2) is 0 Å². The van der Waals surface area contributed by atoms with Crippen molar-refractivity contribution in [3.05, 3.63) is 29.8 Å². The molecule has 0 bridgehead atoms. The predicted octanol–water partition coefficient (Wildman–Crippen LogP) is 0.972. The Labute approximate surface area is 102 Å². The minimum Gasteiger partial charge on any atom is -0.368 e. The molecule has 1 amide bonds. The molecule has 1 saturated heterocycles. The first kappa shape index (κ1) is 11.9. The Kier molecular flexibility index (Phi) is 3.33. The van der Waals surface area contributed by atoms with Crippen molar-refractivity contribution in [1.29, 1.82) is 0 Å². The van der Waals surface area contributed by atoms with Crippen LogP contribution in [-0.2, 0) is 0 Å². The van der Waals surface area contributed by atoms with Crippen LogP contribution in [0.5, 0.6) is 0 Å². The molecule has 1 fully saturated rings. The fourth-order valence-corrected chi connectivity index (χ4v) is 2.37. The summed E-state index contributed by atoms with van der Waals surface area (Å²) in [4.78, 5) is 13.3. The Bertz CT molecular complexity index is 392. The zero-order valence-corrected chi connectivity index (χ0v) is 10.3. The quantitative estimate of drug-likeness (QED) is 0.800. The number of hydrogen-bond acceptors (Lipinski definition) is 3. The van der Waals surface area contributed by atoms with Gasteiger partial charge in [-0.25, -0.2) is 0 Å². The van der Waals surface area contributed by atoms with E-state index < -0.39 is 0 Å². The number of anilines is 1. The second kappa shape index (κ2) is 4.75. The van der Waals surface area contributed by atoms with Gasteiger partial charge in [-0.05, 0) is 38.1 Å². The fraction of sp³-hybridized carbons (Fsp3) is 0.462. The van der Waals surface area contributed by atoms with Crippen molar-refractivity contribution in [2.75, 3.05) is 18.0 Å². The van der Waals surface area contributed by atoms with Gasteiger partial charge in [0.2, 0.25) is 5.91 Å². The Balaban J connectivity index is 2.14. The third-order valence-corrected chi connectivity index (χ3v) is 3.07. The van der Waals surface area contributed by atoms with Gasteiger partial charge in [0.25, 0.3) is 0 Å². The molecule has 1 heterocycles. The average Bonchev–Trinajstić information content (AvgIpc) is 2.28. The van der Waals surface area contributed by atoms with Crippen LogP contribution >= 0.6 is 0 Å². The van der Waals surface area contributed by atoms with Gasteiger partial charge in [0, 0.05) is 36.4 Å². The highest BCUT2D eigenvalue weighted by Gasteiger charge is 2.20. The molecule has 1 aromatic rings. The Morgan fingerprint density at radius 1 is 1.24 bits per heavy atom. The van der Waals surface area contributed by atoms with Crippen LogP contribution < -0.4 is 16.0 Å². The molecule has 0 aromatic heterocycles. The molecule has 2 atom stereocenters. The highest BCUT2D eigenvalue weighted by Crippen LogP contribution is 2.18. The van der Waals surface area contributed by atoms with E-state index >= 15 is 0 Å². The number of carbonyl (C=O) groups excluding carboxylic acids is 1. The largest absolute Gasteiger partial charge is 0.368 e. The molecule has 0 saturated carbocycles. The van der Waals surface area contributed by atoms with Crippen molar-refractivity contribution in [2.24, 2.45) is 5.73 Å². The minimum atomic E-state index is -0.376. The molecular formula is C13H19N3O. The van der Waals surface area contributed by atoms with E-state index in [1.165, 1.54) is 0 Å². The van der Waals surface area contributed by atoms with Crippen LogP contribution in [0.2, 0.25) is 0 Å². The SMILES string of the molecule is C[C@@H]1CN(c2ccc(C(N)=O)cc2)C[C@H](C)N1. The van der Waals surface area contributed by atoms with E-state index in [0.717, 1.165) is 18.8 Å². The molecule has 17 heavy (non-hydrogen) atoms. The molecular weight excluding hydrogens is 214 g/mol. The predicted molar refractivity (Wildman–Crippen MR) is 69.2 cm³/mol. The topological polar surface area (TPSA) is 58.4 Å². The number of rotatable bonds is 2. The van der Waals surface area contributed by atoms with Gasteiger partial charge in [0.1, 0.15) is 0 Å². The van der Waals surface area contributed by atoms with Crippen LogP contribution in [0.4, 0.5) is 5.69 Å². The fourth-order valence-electron chi connectivity index (χ4n) is 2.37. The number of nitrogens with one attached hydrogen (secondary N) is 1. The summed E-state index contributed by atoms with van der Waals surface area (Å²) in [7, 11) is 0. The molecule has 92 valence electrons. The van der Waals surface area contributed by atoms with Gasteiger partial charge in [-0.15, -0.1) is 0 Å². The van der Waals surface area contributed by atoms with Crippen molar-refractivity contribution in [1.82, 2.24) is 5.32 Å². The second-order valence-corrected chi connectivity index (χ2v) is 4.78. The lowest BCUT2D eigenvalue weighted by Crippen LogP contribution is -2.54. The number of nitrogens with zero attached hydrogens (tertiary/aromatic N) is 1. The summed E-state index contributed by atoms with van der Waals surface area (Å²) in [5, 5.41) is 3.49. The molecule has 0 unspecified atom stereocenters. The highest BCUT2D eigenvalue weighted by atomic mass is 16.1. The maximum Gasteiger partial charge on any atom is 0.248 e. The van der Waals surface area contributed by atoms with Gasteiger partial charge < -0.3 is 16.0 Å². The van der Waals surface area contributed by atoms with Crippen molar-refractivity contribution in [2.45, 2.75) is 25.9 Å². The maximum atomic E-state index is 11.0. The Morgan fingerprint density at radius 2 is 1.76 bits per heavy atom. The summed E-state index contributed by atoms with van der Waals surface area (Å²) < 4.78 is 0. The van der Waals surface area contributed by atoms with E-state index in [4.69, 9.17) is 5.73 Å². The van der Waals surface area contributed by atoms with Crippen LogP contribution in [0.3, 0.4) is 0 Å². The first-order chi connectivity index (χ1) is 8.06. The molecule has 3 N–H and O–H groups in total. The van der Waals surface area contributed by atoms with Crippen LogP contribution in [-0.4, -0.2) is 31.1 Å². The van der Waals surface area contributed by atoms with E-state index in [-0.39, 0.29) is 5.91 Å². The second-order valence-electron chi connectivity index (χ2n) is 4.78. The minimum absolute atomic E-state index is 0.376. The Hall–Kier alpha value is -1.55.